The Bertz CT molecular complexity index is 320. The molecule has 2 atom stereocenters. The molecule has 0 spiro atoms. The van der Waals surface area contributed by atoms with Crippen molar-refractivity contribution < 1.29 is 19.1 Å². The zero-order chi connectivity index (χ0) is 13.9. The summed E-state index contributed by atoms with van der Waals surface area (Å²) in [6.45, 7) is 9.96. The highest BCUT2D eigenvalue weighted by Gasteiger charge is 2.63. The Hall–Kier alpha value is -1.06. The summed E-state index contributed by atoms with van der Waals surface area (Å²) in [5.74, 6) is -0.415. The Labute approximate surface area is 109 Å². The maximum absolute atomic E-state index is 11.8. The minimum absolute atomic E-state index is 0.0876. The van der Waals surface area contributed by atoms with E-state index in [9.17, 15) is 9.59 Å². The number of esters is 2. The van der Waals surface area contributed by atoms with Gasteiger partial charge in [0.25, 0.3) is 0 Å². The van der Waals surface area contributed by atoms with Crippen molar-refractivity contribution in [2.75, 3.05) is 6.61 Å². The van der Waals surface area contributed by atoms with E-state index in [0.29, 0.717) is 13.0 Å². The minimum Gasteiger partial charge on any atom is -0.465 e. The van der Waals surface area contributed by atoms with Crippen molar-refractivity contribution in [1.82, 2.24) is 0 Å². The lowest BCUT2D eigenvalue weighted by atomic mass is 10.1. The van der Waals surface area contributed by atoms with Gasteiger partial charge in [0.1, 0.15) is 0 Å². The van der Waals surface area contributed by atoms with Crippen LogP contribution in [0.25, 0.3) is 0 Å². The van der Waals surface area contributed by atoms with Crippen LogP contribution in [-0.4, -0.2) is 24.6 Å². The molecule has 0 N–H and O–H groups in total. The first kappa shape index (κ1) is 15.0. The quantitative estimate of drug-likeness (QED) is 0.685. The molecule has 0 aromatic heterocycles. The molecule has 0 aromatic carbocycles. The molecule has 0 aromatic rings. The zero-order valence-corrected chi connectivity index (χ0v) is 12.0. The highest BCUT2D eigenvalue weighted by atomic mass is 16.5. The maximum atomic E-state index is 11.8. The summed E-state index contributed by atoms with van der Waals surface area (Å²) in [7, 11) is 0. The van der Waals surface area contributed by atoms with Gasteiger partial charge in [-0.15, -0.1) is 0 Å². The normalized spacial score (nSPS) is 24.8. The molecule has 104 valence electrons. The number of hydrogen-bond acceptors (Lipinski definition) is 4. The van der Waals surface area contributed by atoms with Gasteiger partial charge in [0.15, 0.2) is 0 Å². The standard InChI is InChI=1S/C14H24O4/c1-6-7-11(15)17-8-10-12(14(10,4)5)13(16)18-9(2)3/h9-10,12H,6-8H2,1-5H3. The molecular formula is C14H24O4. The van der Waals surface area contributed by atoms with Crippen LogP contribution in [-0.2, 0) is 19.1 Å². The van der Waals surface area contributed by atoms with Gasteiger partial charge in [-0.2, -0.15) is 0 Å². The summed E-state index contributed by atoms with van der Waals surface area (Å²) in [6, 6.07) is 0. The van der Waals surface area contributed by atoms with Gasteiger partial charge in [0, 0.05) is 12.3 Å². The topological polar surface area (TPSA) is 52.6 Å². The van der Waals surface area contributed by atoms with Gasteiger partial charge in [0.2, 0.25) is 0 Å². The van der Waals surface area contributed by atoms with Crippen LogP contribution < -0.4 is 0 Å². The molecule has 0 radical (unpaired) electrons. The van der Waals surface area contributed by atoms with Gasteiger partial charge in [0.05, 0.1) is 18.6 Å². The zero-order valence-electron chi connectivity index (χ0n) is 12.0. The van der Waals surface area contributed by atoms with E-state index in [0.717, 1.165) is 6.42 Å². The molecule has 1 rings (SSSR count). The summed E-state index contributed by atoms with van der Waals surface area (Å²) >= 11 is 0. The number of rotatable bonds is 6. The van der Waals surface area contributed by atoms with E-state index in [-0.39, 0.29) is 35.3 Å². The maximum Gasteiger partial charge on any atom is 0.310 e. The van der Waals surface area contributed by atoms with Crippen LogP contribution in [0.15, 0.2) is 0 Å². The van der Waals surface area contributed by atoms with E-state index in [1.165, 1.54) is 0 Å². The first-order valence-corrected chi connectivity index (χ1v) is 6.66. The average Bonchev–Trinajstić information content (AvgIpc) is 2.77. The van der Waals surface area contributed by atoms with Crippen LogP contribution in [0.1, 0.15) is 47.5 Å². The Kier molecular flexibility index (Phi) is 4.77. The molecule has 1 fully saturated rings. The number of ether oxygens (including phenoxy) is 2. The Morgan fingerprint density at radius 1 is 1.28 bits per heavy atom. The first-order chi connectivity index (χ1) is 8.30. The molecule has 0 saturated heterocycles. The van der Waals surface area contributed by atoms with Crippen LogP contribution in [0.3, 0.4) is 0 Å². The predicted molar refractivity (Wildman–Crippen MR) is 67.9 cm³/mol. The summed E-state index contributed by atoms with van der Waals surface area (Å²) in [4.78, 5) is 23.2. The van der Waals surface area contributed by atoms with Crippen molar-refractivity contribution >= 4 is 11.9 Å². The van der Waals surface area contributed by atoms with Crippen LogP contribution in [0, 0.1) is 17.3 Å². The predicted octanol–water partition coefficient (Wildman–Crippen LogP) is 2.55. The second-order valence-corrected chi connectivity index (χ2v) is 5.82. The van der Waals surface area contributed by atoms with Gasteiger partial charge in [-0.3, -0.25) is 9.59 Å². The van der Waals surface area contributed by atoms with Crippen LogP contribution in [0.4, 0.5) is 0 Å². The fraction of sp³-hybridized carbons (Fsp3) is 0.857. The SMILES string of the molecule is CCCC(=O)OCC1C(C(=O)OC(C)C)C1(C)C. The summed E-state index contributed by atoms with van der Waals surface area (Å²) in [6.07, 6.45) is 1.12. The van der Waals surface area contributed by atoms with Crippen molar-refractivity contribution in [3.8, 4) is 0 Å². The van der Waals surface area contributed by atoms with Crippen molar-refractivity contribution in [2.24, 2.45) is 17.3 Å². The van der Waals surface area contributed by atoms with Gasteiger partial charge < -0.3 is 9.47 Å². The van der Waals surface area contributed by atoms with Crippen LogP contribution in [0.5, 0.6) is 0 Å². The molecule has 0 bridgehead atoms. The van der Waals surface area contributed by atoms with Gasteiger partial charge >= 0.3 is 11.9 Å². The second kappa shape index (κ2) is 5.72. The molecule has 4 nitrogen and oxygen atoms in total. The molecule has 0 aliphatic heterocycles. The largest absolute Gasteiger partial charge is 0.465 e. The van der Waals surface area contributed by atoms with Gasteiger partial charge in [-0.1, -0.05) is 20.8 Å². The van der Waals surface area contributed by atoms with E-state index in [2.05, 4.69) is 0 Å². The Balaban J connectivity index is 2.43. The van der Waals surface area contributed by atoms with Crippen molar-refractivity contribution in [2.45, 2.75) is 53.6 Å². The fourth-order valence-electron chi connectivity index (χ4n) is 2.29. The number of hydrogen-bond donors (Lipinski definition) is 0. The molecule has 0 amide bonds. The molecule has 4 heteroatoms. The summed E-state index contributed by atoms with van der Waals surface area (Å²) in [5.41, 5.74) is -0.127. The Morgan fingerprint density at radius 2 is 1.89 bits per heavy atom. The number of carbonyl (C=O) groups is 2. The highest BCUT2D eigenvalue weighted by molar-refractivity contribution is 5.78. The second-order valence-electron chi connectivity index (χ2n) is 5.82. The molecule has 0 heterocycles. The lowest BCUT2D eigenvalue weighted by molar-refractivity contribution is -0.151. The monoisotopic (exact) mass is 256 g/mol. The lowest BCUT2D eigenvalue weighted by Gasteiger charge is -2.08. The van der Waals surface area contributed by atoms with E-state index < -0.39 is 0 Å². The number of carbonyl (C=O) groups excluding carboxylic acids is 2. The smallest absolute Gasteiger partial charge is 0.310 e. The van der Waals surface area contributed by atoms with Gasteiger partial charge in [-0.05, 0) is 25.7 Å². The fourth-order valence-corrected chi connectivity index (χ4v) is 2.29. The van der Waals surface area contributed by atoms with Crippen LogP contribution in [0.2, 0.25) is 0 Å². The minimum atomic E-state index is -0.184. The van der Waals surface area contributed by atoms with E-state index >= 15 is 0 Å². The third-order valence-corrected chi connectivity index (χ3v) is 3.53. The summed E-state index contributed by atoms with van der Waals surface area (Å²) < 4.78 is 10.4. The molecular weight excluding hydrogens is 232 g/mol. The molecule has 1 saturated carbocycles. The third kappa shape index (κ3) is 3.47. The van der Waals surface area contributed by atoms with Crippen molar-refractivity contribution in [3.05, 3.63) is 0 Å². The van der Waals surface area contributed by atoms with Crippen LogP contribution >= 0.6 is 0 Å². The Morgan fingerprint density at radius 3 is 2.39 bits per heavy atom. The lowest BCUT2D eigenvalue weighted by Crippen LogP contribution is -2.16. The van der Waals surface area contributed by atoms with Crippen molar-refractivity contribution in [3.63, 3.8) is 0 Å². The first-order valence-electron chi connectivity index (χ1n) is 6.66. The van der Waals surface area contributed by atoms with E-state index in [4.69, 9.17) is 9.47 Å². The molecule has 1 aliphatic rings. The van der Waals surface area contributed by atoms with E-state index in [1.54, 1.807) is 0 Å². The summed E-state index contributed by atoms with van der Waals surface area (Å²) in [5, 5.41) is 0. The van der Waals surface area contributed by atoms with E-state index in [1.807, 2.05) is 34.6 Å². The molecule has 2 unspecified atom stereocenters. The third-order valence-electron chi connectivity index (χ3n) is 3.53. The highest BCUT2D eigenvalue weighted by Crippen LogP contribution is 2.58. The van der Waals surface area contributed by atoms with Gasteiger partial charge in [-0.25, -0.2) is 0 Å². The average molecular weight is 256 g/mol. The van der Waals surface area contributed by atoms with Crippen molar-refractivity contribution in [1.29, 1.82) is 0 Å². The molecule has 18 heavy (non-hydrogen) atoms. The molecule has 1 aliphatic carbocycles.